The molecule has 0 bridgehead atoms. The summed E-state index contributed by atoms with van der Waals surface area (Å²) in [5.74, 6) is -1.22. The second-order valence-electron chi connectivity index (χ2n) is 6.86. The minimum Gasteiger partial charge on any atom is -0.491 e. The van der Waals surface area contributed by atoms with E-state index < -0.39 is 11.6 Å². The van der Waals surface area contributed by atoms with Crippen molar-refractivity contribution in [3.8, 4) is 16.9 Å². The van der Waals surface area contributed by atoms with Crippen molar-refractivity contribution in [3.05, 3.63) is 64.4 Å². The Hall–Kier alpha value is -1.75. The molecule has 2 aromatic carbocycles. The number of allylic oxidation sites excluding steroid dienone is 1. The molecule has 0 aromatic heterocycles. The largest absolute Gasteiger partial charge is 0.491 e. The first-order chi connectivity index (χ1) is 13.0. The molecular weight excluding hydrogens is 417 g/mol. The Morgan fingerprint density at radius 2 is 1.70 bits per heavy atom. The molecule has 3 rings (SSSR count). The molecule has 0 atom stereocenters. The fourth-order valence-electron chi connectivity index (χ4n) is 3.75. The van der Waals surface area contributed by atoms with Crippen LogP contribution in [0, 0.1) is 17.6 Å². The third-order valence-electron chi connectivity index (χ3n) is 5.17. The van der Waals surface area contributed by atoms with Gasteiger partial charge >= 0.3 is 0 Å². The maximum Gasteiger partial charge on any atom is 0.201 e. The summed E-state index contributed by atoms with van der Waals surface area (Å²) in [6.07, 6.45) is 5.52. The van der Waals surface area contributed by atoms with Gasteiger partial charge < -0.3 is 4.74 Å². The maximum absolute atomic E-state index is 14.4. The summed E-state index contributed by atoms with van der Waals surface area (Å²) in [6, 6.07) is 10.6. The molecule has 1 fully saturated rings. The molecule has 0 radical (unpaired) electrons. The van der Waals surface area contributed by atoms with E-state index in [4.69, 9.17) is 4.74 Å². The van der Waals surface area contributed by atoms with E-state index in [9.17, 15) is 13.2 Å². The van der Waals surface area contributed by atoms with Crippen LogP contribution < -0.4 is 4.74 Å². The van der Waals surface area contributed by atoms with Gasteiger partial charge in [-0.2, -0.15) is 8.78 Å². The Balaban J connectivity index is 1.73. The molecule has 0 aliphatic heterocycles. The molecule has 0 amide bonds. The van der Waals surface area contributed by atoms with E-state index in [1.807, 2.05) is 24.3 Å². The normalized spacial score (nSPS) is 20.6. The number of hydrogen-bond donors (Lipinski definition) is 0. The maximum atomic E-state index is 14.4. The third-order valence-corrected chi connectivity index (χ3v) is 5.44. The van der Waals surface area contributed by atoms with E-state index >= 15 is 0 Å². The Bertz CT molecular complexity index is 805. The number of benzene rings is 2. The zero-order valence-electron chi connectivity index (χ0n) is 15.2. The van der Waals surface area contributed by atoms with Gasteiger partial charge in [0.05, 0.1) is 6.61 Å². The first kappa shape index (κ1) is 20.0. The average Bonchev–Trinajstić information content (AvgIpc) is 2.66. The highest BCUT2D eigenvalue weighted by Crippen LogP contribution is 2.38. The lowest BCUT2D eigenvalue weighted by atomic mass is 9.78. The van der Waals surface area contributed by atoms with Crippen LogP contribution in [0.2, 0.25) is 0 Å². The van der Waals surface area contributed by atoms with Gasteiger partial charge in [-0.1, -0.05) is 24.3 Å². The smallest absolute Gasteiger partial charge is 0.201 e. The molecule has 144 valence electrons. The molecule has 0 N–H and O–H groups in total. The Morgan fingerprint density at radius 3 is 2.30 bits per heavy atom. The molecule has 1 nitrogen and oxygen atoms in total. The Labute approximate surface area is 166 Å². The van der Waals surface area contributed by atoms with E-state index in [-0.39, 0.29) is 28.6 Å². The van der Waals surface area contributed by atoms with Crippen LogP contribution in [-0.4, -0.2) is 6.61 Å². The van der Waals surface area contributed by atoms with Crippen molar-refractivity contribution in [2.24, 2.45) is 5.92 Å². The molecule has 2 aromatic rings. The molecule has 5 heteroatoms. The zero-order chi connectivity index (χ0) is 19.4. The van der Waals surface area contributed by atoms with Crippen molar-refractivity contribution in [1.82, 2.24) is 0 Å². The molecule has 0 spiro atoms. The highest BCUT2D eigenvalue weighted by atomic mass is 79.9. The van der Waals surface area contributed by atoms with Crippen molar-refractivity contribution in [2.45, 2.75) is 38.5 Å². The molecular formula is C22H22BrF3O. The van der Waals surface area contributed by atoms with Gasteiger partial charge in [0, 0.05) is 5.56 Å². The number of ether oxygens (including phenoxy) is 1. The first-order valence-corrected chi connectivity index (χ1v) is 10.0. The topological polar surface area (TPSA) is 9.23 Å². The van der Waals surface area contributed by atoms with Crippen molar-refractivity contribution < 1.29 is 17.9 Å². The Kier molecular flexibility index (Phi) is 6.64. The van der Waals surface area contributed by atoms with Gasteiger partial charge in [0.25, 0.3) is 0 Å². The van der Waals surface area contributed by atoms with Crippen molar-refractivity contribution in [1.29, 1.82) is 0 Å². The fourth-order valence-corrected chi connectivity index (χ4v) is 4.13. The van der Waals surface area contributed by atoms with Crippen molar-refractivity contribution in [2.75, 3.05) is 6.61 Å². The zero-order valence-corrected chi connectivity index (χ0v) is 16.7. The van der Waals surface area contributed by atoms with Crippen LogP contribution >= 0.6 is 15.9 Å². The van der Waals surface area contributed by atoms with E-state index in [2.05, 4.69) is 15.9 Å². The van der Waals surface area contributed by atoms with Gasteiger partial charge in [-0.25, -0.2) is 4.39 Å². The molecule has 0 heterocycles. The predicted octanol–water partition coefficient (Wildman–Crippen LogP) is 7.51. The highest BCUT2D eigenvalue weighted by molar-refractivity contribution is 9.11. The summed E-state index contributed by atoms with van der Waals surface area (Å²) in [7, 11) is 0. The van der Waals surface area contributed by atoms with Crippen LogP contribution in [0.4, 0.5) is 13.2 Å². The van der Waals surface area contributed by atoms with E-state index in [0.717, 1.165) is 25.7 Å². The molecule has 0 saturated heterocycles. The van der Waals surface area contributed by atoms with Gasteiger partial charge in [-0.15, -0.1) is 0 Å². The predicted molar refractivity (Wildman–Crippen MR) is 106 cm³/mol. The highest BCUT2D eigenvalue weighted by Gasteiger charge is 2.22. The average molecular weight is 439 g/mol. The third kappa shape index (κ3) is 4.75. The number of halogens is 4. The lowest BCUT2D eigenvalue weighted by molar-refractivity contribution is 0.314. The SMILES string of the molecule is CCOc1ccc(-c2ccc(C3CCC(/C=C(\F)Br)CC3)cc2)c(F)c1F. The first-order valence-electron chi connectivity index (χ1n) is 9.23. The minimum absolute atomic E-state index is 0.0684. The van der Waals surface area contributed by atoms with Crippen LogP contribution in [0.15, 0.2) is 47.2 Å². The monoisotopic (exact) mass is 438 g/mol. The summed E-state index contributed by atoms with van der Waals surface area (Å²) in [4.78, 5) is 0. The molecule has 1 aliphatic rings. The van der Waals surface area contributed by atoms with Crippen LogP contribution in [0.5, 0.6) is 5.75 Å². The Morgan fingerprint density at radius 1 is 1.04 bits per heavy atom. The van der Waals surface area contributed by atoms with Gasteiger partial charge in [-0.05, 0) is 89.7 Å². The van der Waals surface area contributed by atoms with Gasteiger partial charge in [0.2, 0.25) is 5.82 Å². The van der Waals surface area contributed by atoms with Gasteiger partial charge in [0.15, 0.2) is 16.3 Å². The summed E-state index contributed by atoms with van der Waals surface area (Å²) >= 11 is 2.85. The standard InChI is InChI=1S/C22H22BrF3O/c1-2-27-19-12-11-18(21(25)22(19)26)17-9-7-16(8-10-17)15-5-3-14(4-6-15)13-20(23)24/h7-15H,2-6H2,1H3/b20-13-. The number of rotatable bonds is 5. The van der Waals surface area contributed by atoms with Crippen LogP contribution in [0.25, 0.3) is 11.1 Å². The van der Waals surface area contributed by atoms with E-state index in [1.165, 1.54) is 11.6 Å². The van der Waals surface area contributed by atoms with Crippen molar-refractivity contribution >= 4 is 15.9 Å². The van der Waals surface area contributed by atoms with Gasteiger partial charge in [0.1, 0.15) is 0 Å². The summed E-state index contributed by atoms with van der Waals surface area (Å²) in [5.41, 5.74) is 2.05. The van der Waals surface area contributed by atoms with Crippen LogP contribution in [0.1, 0.15) is 44.1 Å². The summed E-state index contributed by atoms with van der Waals surface area (Å²) in [5, 5.41) is 0. The molecule has 27 heavy (non-hydrogen) atoms. The fraction of sp³-hybridized carbons (Fsp3) is 0.364. The van der Waals surface area contributed by atoms with Crippen LogP contribution in [-0.2, 0) is 0 Å². The summed E-state index contributed by atoms with van der Waals surface area (Å²) < 4.78 is 46.2. The van der Waals surface area contributed by atoms with Crippen molar-refractivity contribution in [3.63, 3.8) is 0 Å². The quantitative estimate of drug-likeness (QED) is 0.469. The van der Waals surface area contributed by atoms with E-state index in [0.29, 0.717) is 11.5 Å². The molecule has 1 aliphatic carbocycles. The molecule has 0 unspecified atom stereocenters. The second kappa shape index (κ2) is 8.96. The lowest BCUT2D eigenvalue weighted by Crippen LogP contribution is -2.11. The lowest BCUT2D eigenvalue weighted by Gasteiger charge is -2.27. The number of hydrogen-bond acceptors (Lipinski definition) is 1. The summed E-state index contributed by atoms with van der Waals surface area (Å²) in [6.45, 7) is 2.01. The minimum atomic E-state index is -0.955. The van der Waals surface area contributed by atoms with Gasteiger partial charge in [-0.3, -0.25) is 0 Å². The molecule has 1 saturated carbocycles. The van der Waals surface area contributed by atoms with E-state index in [1.54, 1.807) is 19.1 Å². The second-order valence-corrected chi connectivity index (χ2v) is 7.62. The van der Waals surface area contributed by atoms with Crippen LogP contribution in [0.3, 0.4) is 0 Å².